The molecule has 22 heavy (non-hydrogen) atoms. The molecule has 0 spiro atoms. The normalized spacial score (nSPS) is 16.5. The SMILES string of the molecule is Cc1ccc(/C=C2\SC(=O)N(CC(=O)NCCO)C2=O)cc1. The van der Waals surface area contributed by atoms with Crippen LogP contribution in [0.15, 0.2) is 29.2 Å². The standard InChI is InChI=1S/C15H16N2O4S/c1-10-2-4-11(5-3-10)8-12-14(20)17(15(21)22-12)9-13(19)16-6-7-18/h2-5,8,18H,6-7,9H2,1H3,(H,16,19)/b12-8-. The Kier molecular flexibility index (Phi) is 5.35. The summed E-state index contributed by atoms with van der Waals surface area (Å²) in [7, 11) is 0. The van der Waals surface area contributed by atoms with Crippen molar-refractivity contribution in [2.45, 2.75) is 6.92 Å². The van der Waals surface area contributed by atoms with Crippen LogP contribution in [0, 0.1) is 6.92 Å². The summed E-state index contributed by atoms with van der Waals surface area (Å²) >= 11 is 0.816. The maximum Gasteiger partial charge on any atom is 0.294 e. The van der Waals surface area contributed by atoms with Gasteiger partial charge in [-0.15, -0.1) is 0 Å². The molecule has 0 aliphatic carbocycles. The maximum atomic E-state index is 12.2. The Morgan fingerprint density at radius 1 is 1.32 bits per heavy atom. The van der Waals surface area contributed by atoms with E-state index in [9.17, 15) is 14.4 Å². The lowest BCUT2D eigenvalue weighted by atomic mass is 10.1. The molecule has 0 radical (unpaired) electrons. The molecule has 0 unspecified atom stereocenters. The predicted octanol–water partition coefficient (Wildman–Crippen LogP) is 1.14. The van der Waals surface area contributed by atoms with Crippen molar-refractivity contribution in [1.29, 1.82) is 0 Å². The van der Waals surface area contributed by atoms with E-state index in [1.807, 2.05) is 31.2 Å². The zero-order valence-electron chi connectivity index (χ0n) is 12.0. The van der Waals surface area contributed by atoms with Gasteiger partial charge in [-0.05, 0) is 30.3 Å². The highest BCUT2D eigenvalue weighted by molar-refractivity contribution is 8.18. The van der Waals surface area contributed by atoms with E-state index in [0.29, 0.717) is 4.91 Å². The zero-order valence-corrected chi connectivity index (χ0v) is 12.9. The average Bonchev–Trinajstić information content (AvgIpc) is 2.75. The highest BCUT2D eigenvalue weighted by Crippen LogP contribution is 2.31. The molecule has 1 aliphatic rings. The average molecular weight is 320 g/mol. The summed E-state index contributed by atoms with van der Waals surface area (Å²) in [6.45, 7) is 1.52. The summed E-state index contributed by atoms with van der Waals surface area (Å²) in [4.78, 5) is 36.8. The second-order valence-corrected chi connectivity index (χ2v) is 5.75. The number of aliphatic hydroxyl groups is 1. The van der Waals surface area contributed by atoms with Crippen molar-refractivity contribution in [2.75, 3.05) is 19.7 Å². The fourth-order valence-electron chi connectivity index (χ4n) is 1.85. The third-order valence-corrected chi connectivity index (χ3v) is 3.89. The van der Waals surface area contributed by atoms with Crippen LogP contribution >= 0.6 is 11.8 Å². The van der Waals surface area contributed by atoms with Gasteiger partial charge in [0.1, 0.15) is 6.54 Å². The Hall–Kier alpha value is -2.12. The number of thioether (sulfide) groups is 1. The first-order valence-electron chi connectivity index (χ1n) is 6.71. The Labute approximate surface area is 132 Å². The molecule has 0 bridgehead atoms. The summed E-state index contributed by atoms with van der Waals surface area (Å²) in [5.74, 6) is -0.956. The molecule has 6 nitrogen and oxygen atoms in total. The largest absolute Gasteiger partial charge is 0.395 e. The van der Waals surface area contributed by atoms with E-state index >= 15 is 0 Å². The number of benzene rings is 1. The Bertz CT molecular complexity index is 625. The van der Waals surface area contributed by atoms with E-state index < -0.39 is 17.1 Å². The highest BCUT2D eigenvalue weighted by Gasteiger charge is 2.36. The minimum absolute atomic E-state index is 0.0915. The lowest BCUT2D eigenvalue weighted by Gasteiger charge is -2.11. The monoisotopic (exact) mass is 320 g/mol. The van der Waals surface area contributed by atoms with Crippen LogP contribution in [0.5, 0.6) is 0 Å². The first kappa shape index (κ1) is 16.3. The number of aliphatic hydroxyl groups excluding tert-OH is 1. The van der Waals surface area contributed by atoms with Crippen molar-refractivity contribution in [3.05, 3.63) is 40.3 Å². The Morgan fingerprint density at radius 3 is 2.64 bits per heavy atom. The topological polar surface area (TPSA) is 86.7 Å². The smallest absolute Gasteiger partial charge is 0.294 e. The van der Waals surface area contributed by atoms with E-state index in [1.54, 1.807) is 6.08 Å². The fourth-order valence-corrected chi connectivity index (χ4v) is 2.68. The van der Waals surface area contributed by atoms with Gasteiger partial charge < -0.3 is 10.4 Å². The van der Waals surface area contributed by atoms with E-state index in [0.717, 1.165) is 27.8 Å². The number of nitrogens with one attached hydrogen (secondary N) is 1. The van der Waals surface area contributed by atoms with Gasteiger partial charge in [-0.25, -0.2) is 0 Å². The van der Waals surface area contributed by atoms with E-state index in [1.165, 1.54) is 0 Å². The van der Waals surface area contributed by atoms with Gasteiger partial charge in [0.15, 0.2) is 0 Å². The first-order chi connectivity index (χ1) is 10.5. The molecular formula is C15H16N2O4S. The minimum Gasteiger partial charge on any atom is -0.395 e. The molecule has 0 atom stereocenters. The van der Waals surface area contributed by atoms with Gasteiger partial charge in [0, 0.05) is 6.54 Å². The molecule has 2 N–H and O–H groups in total. The fraction of sp³-hybridized carbons (Fsp3) is 0.267. The van der Waals surface area contributed by atoms with Crippen LogP contribution in [-0.2, 0) is 9.59 Å². The number of rotatable bonds is 5. The molecule has 0 aromatic heterocycles. The third kappa shape index (κ3) is 3.96. The van der Waals surface area contributed by atoms with Crippen molar-refractivity contribution < 1.29 is 19.5 Å². The summed E-state index contributed by atoms with van der Waals surface area (Å²) < 4.78 is 0. The number of nitrogens with zero attached hydrogens (tertiary/aromatic N) is 1. The summed E-state index contributed by atoms with van der Waals surface area (Å²) in [6, 6.07) is 7.55. The van der Waals surface area contributed by atoms with Crippen LogP contribution in [0.4, 0.5) is 4.79 Å². The van der Waals surface area contributed by atoms with Crippen molar-refractivity contribution in [2.24, 2.45) is 0 Å². The lowest BCUT2D eigenvalue weighted by Crippen LogP contribution is -2.40. The molecule has 0 saturated carbocycles. The van der Waals surface area contributed by atoms with Gasteiger partial charge in [-0.3, -0.25) is 19.3 Å². The van der Waals surface area contributed by atoms with E-state index in [2.05, 4.69) is 5.32 Å². The molecule has 116 valence electrons. The van der Waals surface area contributed by atoms with Gasteiger partial charge in [0.05, 0.1) is 11.5 Å². The van der Waals surface area contributed by atoms with Crippen LogP contribution in [0.3, 0.4) is 0 Å². The maximum absolute atomic E-state index is 12.2. The van der Waals surface area contributed by atoms with Crippen LogP contribution in [0.2, 0.25) is 0 Å². The summed E-state index contributed by atoms with van der Waals surface area (Å²) in [5, 5.41) is 10.6. The molecule has 1 saturated heterocycles. The molecule has 3 amide bonds. The van der Waals surface area contributed by atoms with Crippen LogP contribution < -0.4 is 5.32 Å². The van der Waals surface area contributed by atoms with E-state index in [4.69, 9.17) is 5.11 Å². The van der Waals surface area contributed by atoms with Crippen molar-refractivity contribution >= 4 is 34.9 Å². The summed E-state index contributed by atoms with van der Waals surface area (Å²) in [5.41, 5.74) is 1.92. The summed E-state index contributed by atoms with van der Waals surface area (Å²) in [6.07, 6.45) is 1.63. The molecule has 1 fully saturated rings. The van der Waals surface area contributed by atoms with Gasteiger partial charge in [-0.1, -0.05) is 29.8 Å². The number of hydrogen-bond acceptors (Lipinski definition) is 5. The minimum atomic E-state index is -0.479. The molecular weight excluding hydrogens is 304 g/mol. The molecule has 1 aromatic rings. The second-order valence-electron chi connectivity index (χ2n) is 4.75. The van der Waals surface area contributed by atoms with Crippen molar-refractivity contribution in [3.8, 4) is 0 Å². The highest BCUT2D eigenvalue weighted by atomic mass is 32.2. The predicted molar refractivity (Wildman–Crippen MR) is 84.0 cm³/mol. The van der Waals surface area contributed by atoms with Crippen molar-refractivity contribution in [3.63, 3.8) is 0 Å². The van der Waals surface area contributed by atoms with Gasteiger partial charge in [-0.2, -0.15) is 0 Å². The van der Waals surface area contributed by atoms with Crippen LogP contribution in [0.25, 0.3) is 6.08 Å². The van der Waals surface area contributed by atoms with Crippen molar-refractivity contribution in [1.82, 2.24) is 10.2 Å². The number of aryl methyl sites for hydroxylation is 1. The Morgan fingerprint density at radius 2 is 2.00 bits per heavy atom. The molecule has 2 rings (SSSR count). The van der Waals surface area contributed by atoms with Crippen LogP contribution in [-0.4, -0.2) is 46.8 Å². The lowest BCUT2D eigenvalue weighted by molar-refractivity contribution is -0.129. The number of hydrogen-bond donors (Lipinski definition) is 2. The number of imide groups is 1. The molecule has 1 heterocycles. The van der Waals surface area contributed by atoms with Crippen LogP contribution in [0.1, 0.15) is 11.1 Å². The first-order valence-corrected chi connectivity index (χ1v) is 7.52. The molecule has 1 aliphatic heterocycles. The Balaban J connectivity index is 2.08. The third-order valence-electron chi connectivity index (χ3n) is 2.98. The molecule has 7 heteroatoms. The number of carbonyl (C=O) groups is 3. The zero-order chi connectivity index (χ0) is 16.1. The number of amides is 3. The number of carbonyl (C=O) groups excluding carboxylic acids is 3. The quantitative estimate of drug-likeness (QED) is 0.795. The van der Waals surface area contributed by atoms with Gasteiger partial charge >= 0.3 is 0 Å². The molecule has 1 aromatic carbocycles. The van der Waals surface area contributed by atoms with Gasteiger partial charge in [0.25, 0.3) is 11.1 Å². The van der Waals surface area contributed by atoms with E-state index in [-0.39, 0.29) is 19.7 Å². The van der Waals surface area contributed by atoms with Gasteiger partial charge in [0.2, 0.25) is 5.91 Å². The second kappa shape index (κ2) is 7.24.